The van der Waals surface area contributed by atoms with Crippen molar-refractivity contribution in [2.75, 3.05) is 32.9 Å². The van der Waals surface area contributed by atoms with Gasteiger partial charge in [-0.3, -0.25) is 4.79 Å². The molecule has 0 saturated heterocycles. The molecule has 5 rings (SSSR count). The number of amides is 1. The summed E-state index contributed by atoms with van der Waals surface area (Å²) < 4.78 is 5.24. The number of hydrogen-bond acceptors (Lipinski definition) is 4. The average molecular weight is 421 g/mol. The van der Waals surface area contributed by atoms with Gasteiger partial charge in [-0.2, -0.15) is 0 Å². The number of halogens is 1. The van der Waals surface area contributed by atoms with Crippen LogP contribution in [0.15, 0.2) is 18.2 Å². The van der Waals surface area contributed by atoms with Gasteiger partial charge in [-0.1, -0.05) is 17.7 Å². The number of benzene rings is 1. The van der Waals surface area contributed by atoms with Crippen LogP contribution < -0.4 is 10.6 Å². The number of aliphatic hydroxyl groups is 1. The number of carbonyl (C=O) groups is 1. The highest BCUT2D eigenvalue weighted by Crippen LogP contribution is 2.59. The molecule has 4 fully saturated rings. The van der Waals surface area contributed by atoms with Crippen LogP contribution in [0.4, 0.5) is 0 Å². The zero-order valence-corrected chi connectivity index (χ0v) is 17.8. The van der Waals surface area contributed by atoms with Gasteiger partial charge in [0.05, 0.1) is 30.4 Å². The molecule has 29 heavy (non-hydrogen) atoms. The van der Waals surface area contributed by atoms with E-state index in [0.29, 0.717) is 42.3 Å². The SMILES string of the molecule is O=C(NCC12CC3CC(CC(C3)C1)C2)c1cc(CNCCOCCO)ccc1Cl. The van der Waals surface area contributed by atoms with Crippen molar-refractivity contribution in [3.63, 3.8) is 0 Å². The summed E-state index contributed by atoms with van der Waals surface area (Å²) in [6.45, 7) is 3.07. The van der Waals surface area contributed by atoms with Gasteiger partial charge in [0.25, 0.3) is 5.91 Å². The fourth-order valence-corrected chi connectivity index (χ4v) is 6.47. The van der Waals surface area contributed by atoms with Gasteiger partial charge >= 0.3 is 0 Å². The molecule has 0 heterocycles. The van der Waals surface area contributed by atoms with Crippen LogP contribution in [0.3, 0.4) is 0 Å². The molecule has 0 radical (unpaired) electrons. The third kappa shape index (κ3) is 5.13. The van der Waals surface area contributed by atoms with Gasteiger partial charge in [0.2, 0.25) is 0 Å². The van der Waals surface area contributed by atoms with E-state index in [-0.39, 0.29) is 12.5 Å². The lowest BCUT2D eigenvalue weighted by Crippen LogP contribution is -2.51. The second-order valence-corrected chi connectivity index (χ2v) is 9.83. The minimum absolute atomic E-state index is 0.0406. The minimum Gasteiger partial charge on any atom is -0.394 e. The largest absolute Gasteiger partial charge is 0.394 e. The Morgan fingerprint density at radius 2 is 1.83 bits per heavy atom. The van der Waals surface area contributed by atoms with Crippen LogP contribution >= 0.6 is 11.6 Å². The maximum absolute atomic E-state index is 12.9. The number of ether oxygens (including phenoxy) is 1. The summed E-state index contributed by atoms with van der Waals surface area (Å²) in [6, 6.07) is 5.64. The molecule has 5 nitrogen and oxygen atoms in total. The van der Waals surface area contributed by atoms with Crippen molar-refractivity contribution in [3.8, 4) is 0 Å². The molecule has 0 atom stereocenters. The predicted molar refractivity (Wildman–Crippen MR) is 114 cm³/mol. The highest BCUT2D eigenvalue weighted by atomic mass is 35.5. The quantitative estimate of drug-likeness (QED) is 0.507. The Morgan fingerprint density at radius 3 is 2.48 bits per heavy atom. The molecule has 4 aliphatic carbocycles. The van der Waals surface area contributed by atoms with E-state index in [0.717, 1.165) is 29.9 Å². The summed E-state index contributed by atoms with van der Waals surface area (Å²) in [5, 5.41) is 15.7. The van der Waals surface area contributed by atoms with Crippen molar-refractivity contribution in [2.24, 2.45) is 23.2 Å². The third-order valence-corrected chi connectivity index (χ3v) is 7.38. The zero-order chi connectivity index (χ0) is 20.3. The van der Waals surface area contributed by atoms with Crippen LogP contribution in [0.25, 0.3) is 0 Å². The van der Waals surface area contributed by atoms with Crippen molar-refractivity contribution in [1.82, 2.24) is 10.6 Å². The minimum atomic E-state index is -0.0566. The van der Waals surface area contributed by atoms with Gasteiger partial charge in [-0.25, -0.2) is 0 Å². The molecule has 4 saturated carbocycles. The van der Waals surface area contributed by atoms with Gasteiger partial charge in [0, 0.05) is 19.6 Å². The van der Waals surface area contributed by atoms with E-state index in [2.05, 4.69) is 10.6 Å². The van der Waals surface area contributed by atoms with Crippen LogP contribution in [-0.4, -0.2) is 43.9 Å². The van der Waals surface area contributed by atoms with Gasteiger partial charge < -0.3 is 20.5 Å². The van der Waals surface area contributed by atoms with E-state index < -0.39 is 0 Å². The van der Waals surface area contributed by atoms with E-state index in [9.17, 15) is 4.79 Å². The average Bonchev–Trinajstić information content (AvgIpc) is 2.69. The molecule has 1 amide bonds. The molecular weight excluding hydrogens is 388 g/mol. The molecule has 4 bridgehead atoms. The Hall–Kier alpha value is -1.14. The van der Waals surface area contributed by atoms with E-state index in [1.54, 1.807) is 6.07 Å². The standard InChI is InChI=1S/C23H33ClN2O3/c24-21-2-1-16(14-25-3-5-29-6-4-27)10-20(21)22(28)26-15-23-11-17-7-18(12-23)9-19(8-17)13-23/h1-2,10,17-19,25,27H,3-9,11-15H2,(H,26,28). The summed E-state index contributed by atoms with van der Waals surface area (Å²) >= 11 is 6.34. The highest BCUT2D eigenvalue weighted by molar-refractivity contribution is 6.33. The monoisotopic (exact) mass is 420 g/mol. The summed E-state index contributed by atoms with van der Waals surface area (Å²) in [5.41, 5.74) is 1.91. The molecule has 6 heteroatoms. The van der Waals surface area contributed by atoms with Gasteiger partial charge in [-0.15, -0.1) is 0 Å². The van der Waals surface area contributed by atoms with Crippen molar-refractivity contribution in [3.05, 3.63) is 34.3 Å². The first-order valence-electron chi connectivity index (χ1n) is 11.0. The predicted octanol–water partition coefficient (Wildman–Crippen LogP) is 3.38. The van der Waals surface area contributed by atoms with Crippen LogP contribution in [0, 0.1) is 23.2 Å². The highest BCUT2D eigenvalue weighted by Gasteiger charge is 2.50. The van der Waals surface area contributed by atoms with E-state index in [1.807, 2.05) is 12.1 Å². The van der Waals surface area contributed by atoms with Crippen LogP contribution in [0.1, 0.15) is 54.4 Å². The molecule has 1 aromatic carbocycles. The maximum atomic E-state index is 12.9. The first-order chi connectivity index (χ1) is 14.1. The van der Waals surface area contributed by atoms with Crippen LogP contribution in [-0.2, 0) is 11.3 Å². The Kier molecular flexibility index (Phi) is 6.80. The van der Waals surface area contributed by atoms with Gasteiger partial charge in [-0.05, 0) is 79.4 Å². The third-order valence-electron chi connectivity index (χ3n) is 7.05. The van der Waals surface area contributed by atoms with E-state index in [4.69, 9.17) is 21.4 Å². The summed E-state index contributed by atoms with van der Waals surface area (Å²) in [6.07, 6.45) is 8.11. The summed E-state index contributed by atoms with van der Waals surface area (Å²) in [5.74, 6) is 2.60. The Labute approximate surface area is 178 Å². The number of rotatable bonds is 10. The maximum Gasteiger partial charge on any atom is 0.252 e. The smallest absolute Gasteiger partial charge is 0.252 e. The van der Waals surface area contributed by atoms with Crippen molar-refractivity contribution < 1.29 is 14.6 Å². The molecule has 0 aromatic heterocycles. The lowest BCUT2D eigenvalue weighted by Gasteiger charge is -2.56. The van der Waals surface area contributed by atoms with E-state index in [1.165, 1.54) is 38.5 Å². The second kappa shape index (κ2) is 9.34. The topological polar surface area (TPSA) is 70.6 Å². The lowest BCUT2D eigenvalue weighted by molar-refractivity contribution is -0.0503. The molecule has 160 valence electrons. The summed E-state index contributed by atoms with van der Waals surface area (Å²) in [7, 11) is 0. The molecule has 4 aliphatic rings. The Bertz CT molecular complexity index is 689. The summed E-state index contributed by atoms with van der Waals surface area (Å²) in [4.78, 5) is 12.9. The molecule has 1 aromatic rings. The van der Waals surface area contributed by atoms with Gasteiger partial charge in [0.1, 0.15) is 0 Å². The van der Waals surface area contributed by atoms with Crippen molar-refractivity contribution >= 4 is 17.5 Å². The van der Waals surface area contributed by atoms with Crippen molar-refractivity contribution in [2.45, 2.75) is 45.1 Å². The van der Waals surface area contributed by atoms with Crippen molar-refractivity contribution in [1.29, 1.82) is 0 Å². The number of aliphatic hydroxyl groups excluding tert-OH is 1. The molecular formula is C23H33ClN2O3. The van der Waals surface area contributed by atoms with Gasteiger partial charge in [0.15, 0.2) is 0 Å². The Morgan fingerprint density at radius 1 is 1.14 bits per heavy atom. The normalized spacial score (nSPS) is 29.9. The first kappa shape index (κ1) is 21.1. The fraction of sp³-hybridized carbons (Fsp3) is 0.696. The number of hydrogen-bond donors (Lipinski definition) is 3. The lowest BCUT2D eigenvalue weighted by atomic mass is 9.49. The Balaban J connectivity index is 1.30. The van der Waals surface area contributed by atoms with Crippen LogP contribution in [0.5, 0.6) is 0 Å². The molecule has 0 unspecified atom stereocenters. The molecule has 0 spiro atoms. The zero-order valence-electron chi connectivity index (χ0n) is 17.1. The number of carbonyl (C=O) groups excluding carboxylic acids is 1. The molecule has 3 N–H and O–H groups in total. The van der Waals surface area contributed by atoms with E-state index >= 15 is 0 Å². The van der Waals surface area contributed by atoms with Crippen LogP contribution in [0.2, 0.25) is 5.02 Å². The number of nitrogens with one attached hydrogen (secondary N) is 2. The first-order valence-corrected chi connectivity index (χ1v) is 11.4. The second-order valence-electron chi connectivity index (χ2n) is 9.43. The fourth-order valence-electron chi connectivity index (χ4n) is 6.27. The molecule has 0 aliphatic heterocycles.